The molecule has 0 saturated heterocycles. The number of imidazole rings is 1. The number of benzene rings is 1. The second-order valence-corrected chi connectivity index (χ2v) is 4.76. The second kappa shape index (κ2) is 5.84. The van der Waals surface area contributed by atoms with Gasteiger partial charge in [0.05, 0.1) is 24.7 Å². The summed E-state index contributed by atoms with van der Waals surface area (Å²) in [5.74, 6) is 0.606. The zero-order valence-electron chi connectivity index (χ0n) is 12.7. The van der Waals surface area contributed by atoms with E-state index in [0.29, 0.717) is 22.9 Å². The van der Waals surface area contributed by atoms with E-state index in [1.165, 1.54) is 10.7 Å². The van der Waals surface area contributed by atoms with Gasteiger partial charge in [-0.2, -0.15) is 0 Å². The van der Waals surface area contributed by atoms with E-state index in [0.717, 1.165) is 5.69 Å². The molecule has 0 radical (unpaired) electrons. The molecule has 4 N–H and O–H groups in total. The molecule has 3 rings (SSSR count). The lowest BCUT2D eigenvalue weighted by atomic mass is 10.3. The van der Waals surface area contributed by atoms with Crippen molar-refractivity contribution in [2.45, 2.75) is 0 Å². The van der Waals surface area contributed by atoms with Crippen molar-refractivity contribution in [3.63, 3.8) is 0 Å². The Labute approximate surface area is 132 Å². The van der Waals surface area contributed by atoms with Gasteiger partial charge in [0.2, 0.25) is 0 Å². The van der Waals surface area contributed by atoms with Crippen molar-refractivity contribution in [1.82, 2.24) is 14.6 Å². The lowest BCUT2D eigenvalue weighted by molar-refractivity contribution is 0.0993. The van der Waals surface area contributed by atoms with E-state index in [9.17, 15) is 4.79 Å². The number of hydrogen-bond acceptors (Lipinski definition) is 6. The topological polar surface area (TPSA) is 107 Å². The van der Waals surface area contributed by atoms with Gasteiger partial charge >= 0.3 is 0 Å². The molecule has 0 aliphatic rings. The van der Waals surface area contributed by atoms with E-state index < -0.39 is 5.91 Å². The van der Waals surface area contributed by atoms with Crippen LogP contribution in [0.3, 0.4) is 0 Å². The Morgan fingerprint density at radius 1 is 1.30 bits per heavy atom. The summed E-state index contributed by atoms with van der Waals surface area (Å²) >= 11 is 0. The number of carbonyl (C=O) groups excluding carboxylic acids is 1. The number of para-hydroxylation sites is 2. The molecule has 0 saturated carbocycles. The van der Waals surface area contributed by atoms with Crippen LogP contribution in [0.5, 0.6) is 5.75 Å². The fourth-order valence-corrected chi connectivity index (χ4v) is 2.27. The van der Waals surface area contributed by atoms with E-state index in [1.807, 2.05) is 24.3 Å². The minimum atomic E-state index is -0.596. The number of fused-ring (bicyclic) bond motifs is 1. The number of nitrogens with two attached hydrogens (primary N) is 1. The van der Waals surface area contributed by atoms with Crippen molar-refractivity contribution in [2.75, 3.05) is 24.8 Å². The quantitative estimate of drug-likeness (QED) is 0.661. The molecule has 23 heavy (non-hydrogen) atoms. The molecule has 8 nitrogen and oxygen atoms in total. The SMILES string of the molecule is CNc1cc(Nc2ccccc2OC)nn2c(C(N)=O)cnc12. The van der Waals surface area contributed by atoms with Gasteiger partial charge in [-0.15, -0.1) is 5.10 Å². The Morgan fingerprint density at radius 3 is 2.78 bits per heavy atom. The molecule has 0 aliphatic carbocycles. The van der Waals surface area contributed by atoms with Crippen LogP contribution in [0.15, 0.2) is 36.5 Å². The van der Waals surface area contributed by atoms with E-state index >= 15 is 0 Å². The number of methoxy groups -OCH3 is 1. The van der Waals surface area contributed by atoms with Crippen molar-refractivity contribution in [3.8, 4) is 5.75 Å². The van der Waals surface area contributed by atoms with Crippen molar-refractivity contribution >= 4 is 28.7 Å². The second-order valence-electron chi connectivity index (χ2n) is 4.76. The summed E-state index contributed by atoms with van der Waals surface area (Å²) in [6.07, 6.45) is 1.40. The first-order valence-corrected chi connectivity index (χ1v) is 6.90. The molecule has 3 aromatic rings. The molecule has 0 aliphatic heterocycles. The summed E-state index contributed by atoms with van der Waals surface area (Å²) in [5, 5.41) is 10.6. The molecule has 0 unspecified atom stereocenters. The van der Waals surface area contributed by atoms with Gasteiger partial charge in [0.1, 0.15) is 11.4 Å². The van der Waals surface area contributed by atoms with Gasteiger partial charge in [0, 0.05) is 13.1 Å². The van der Waals surface area contributed by atoms with E-state index in [-0.39, 0.29) is 5.69 Å². The van der Waals surface area contributed by atoms with Gasteiger partial charge < -0.3 is 21.1 Å². The van der Waals surface area contributed by atoms with Crippen molar-refractivity contribution in [1.29, 1.82) is 0 Å². The third kappa shape index (κ3) is 2.61. The smallest absolute Gasteiger partial charge is 0.269 e. The van der Waals surface area contributed by atoms with Crippen LogP contribution in [-0.2, 0) is 0 Å². The average molecular weight is 312 g/mol. The number of primary amides is 1. The number of amides is 1. The first-order valence-electron chi connectivity index (χ1n) is 6.90. The largest absolute Gasteiger partial charge is 0.495 e. The van der Waals surface area contributed by atoms with Crippen LogP contribution >= 0.6 is 0 Å². The summed E-state index contributed by atoms with van der Waals surface area (Å²) in [4.78, 5) is 15.7. The van der Waals surface area contributed by atoms with Gasteiger partial charge in [-0.25, -0.2) is 9.50 Å². The Bertz CT molecular complexity index is 874. The third-order valence-corrected chi connectivity index (χ3v) is 3.36. The lowest BCUT2D eigenvalue weighted by Crippen LogP contribution is -2.15. The van der Waals surface area contributed by atoms with Crippen molar-refractivity contribution in [2.24, 2.45) is 5.73 Å². The van der Waals surface area contributed by atoms with Gasteiger partial charge in [-0.3, -0.25) is 4.79 Å². The minimum Gasteiger partial charge on any atom is -0.495 e. The van der Waals surface area contributed by atoms with Crippen LogP contribution in [0.25, 0.3) is 5.65 Å². The Kier molecular flexibility index (Phi) is 3.71. The maximum absolute atomic E-state index is 11.5. The van der Waals surface area contributed by atoms with Gasteiger partial charge in [0.25, 0.3) is 5.91 Å². The summed E-state index contributed by atoms with van der Waals surface area (Å²) in [7, 11) is 3.36. The summed E-state index contributed by atoms with van der Waals surface area (Å²) in [6, 6.07) is 9.26. The summed E-state index contributed by atoms with van der Waals surface area (Å²) in [6.45, 7) is 0. The zero-order valence-corrected chi connectivity index (χ0v) is 12.7. The number of nitrogens with one attached hydrogen (secondary N) is 2. The lowest BCUT2D eigenvalue weighted by Gasteiger charge is -2.12. The standard InChI is InChI=1S/C15H16N6O2/c1-17-10-7-13(19-9-5-3-4-6-12(9)23-2)20-21-11(14(16)22)8-18-15(10)21/h3-8,17H,1-2H3,(H2,16,22)(H,19,20). The van der Waals surface area contributed by atoms with Crippen LogP contribution in [-0.4, -0.2) is 34.7 Å². The van der Waals surface area contributed by atoms with E-state index in [2.05, 4.69) is 20.7 Å². The first kappa shape index (κ1) is 14.6. The Balaban J connectivity index is 2.10. The molecule has 118 valence electrons. The van der Waals surface area contributed by atoms with E-state index in [4.69, 9.17) is 10.5 Å². The molecule has 1 aromatic carbocycles. The Morgan fingerprint density at radius 2 is 2.09 bits per heavy atom. The minimum absolute atomic E-state index is 0.208. The number of carbonyl (C=O) groups is 1. The number of rotatable bonds is 5. The molecule has 2 aromatic heterocycles. The maximum Gasteiger partial charge on any atom is 0.269 e. The highest BCUT2D eigenvalue weighted by molar-refractivity contribution is 5.92. The molecule has 0 fully saturated rings. The highest BCUT2D eigenvalue weighted by Gasteiger charge is 2.14. The third-order valence-electron chi connectivity index (χ3n) is 3.36. The van der Waals surface area contributed by atoms with Crippen LogP contribution in [0.2, 0.25) is 0 Å². The Hall–Kier alpha value is -3.29. The number of ether oxygens (including phenoxy) is 1. The van der Waals surface area contributed by atoms with Crippen molar-refractivity contribution < 1.29 is 9.53 Å². The zero-order chi connectivity index (χ0) is 16.4. The van der Waals surface area contributed by atoms with Crippen molar-refractivity contribution in [3.05, 3.63) is 42.2 Å². The van der Waals surface area contributed by atoms with Crippen LogP contribution in [0.4, 0.5) is 17.2 Å². The molecular weight excluding hydrogens is 296 g/mol. The maximum atomic E-state index is 11.5. The number of aromatic nitrogens is 3. The molecule has 1 amide bonds. The van der Waals surface area contributed by atoms with E-state index in [1.54, 1.807) is 20.2 Å². The van der Waals surface area contributed by atoms with Crippen LogP contribution in [0.1, 0.15) is 10.5 Å². The molecule has 2 heterocycles. The van der Waals surface area contributed by atoms with Crippen LogP contribution < -0.4 is 21.1 Å². The molecule has 0 spiro atoms. The predicted molar refractivity (Wildman–Crippen MR) is 87.3 cm³/mol. The number of hydrogen-bond donors (Lipinski definition) is 3. The molecule has 0 bridgehead atoms. The summed E-state index contributed by atoms with van der Waals surface area (Å²) < 4.78 is 6.72. The molecule has 8 heteroatoms. The fraction of sp³-hybridized carbons (Fsp3) is 0.133. The van der Waals surface area contributed by atoms with Gasteiger partial charge in [-0.05, 0) is 12.1 Å². The first-order chi connectivity index (χ1) is 11.1. The average Bonchev–Trinajstić information content (AvgIpc) is 2.98. The monoisotopic (exact) mass is 312 g/mol. The van der Waals surface area contributed by atoms with Crippen LogP contribution in [0, 0.1) is 0 Å². The predicted octanol–water partition coefficient (Wildman–Crippen LogP) is 1.62. The normalized spacial score (nSPS) is 10.5. The molecular formula is C15H16N6O2. The fourth-order valence-electron chi connectivity index (χ4n) is 2.27. The molecule has 0 atom stereocenters. The number of anilines is 3. The highest BCUT2D eigenvalue weighted by atomic mass is 16.5. The van der Waals surface area contributed by atoms with Gasteiger partial charge in [-0.1, -0.05) is 12.1 Å². The number of nitrogens with zero attached hydrogens (tertiary/aromatic N) is 3. The summed E-state index contributed by atoms with van der Waals surface area (Å²) in [5.41, 5.74) is 7.56. The highest BCUT2D eigenvalue weighted by Crippen LogP contribution is 2.28. The van der Waals surface area contributed by atoms with Gasteiger partial charge in [0.15, 0.2) is 11.5 Å².